The number of amides is 1. The molecule has 27 heavy (non-hydrogen) atoms. The standard InChI is InChI=1S/C20H18N4O3/c1-13-9-19(22-12-21-13)24-17-7-4-8-18(11-17)27-20(26)15-5-3-6-16(10-15)23-14(2)25/h3-12H,1-2H3,(H,23,25)(H,21,22,24). The second-order valence-corrected chi connectivity index (χ2v) is 5.85. The van der Waals surface area contributed by atoms with E-state index in [4.69, 9.17) is 4.74 Å². The van der Waals surface area contributed by atoms with Gasteiger partial charge in [0.15, 0.2) is 0 Å². The van der Waals surface area contributed by atoms with Crippen LogP contribution in [0.4, 0.5) is 17.2 Å². The zero-order chi connectivity index (χ0) is 19.2. The van der Waals surface area contributed by atoms with Crippen LogP contribution >= 0.6 is 0 Å². The highest BCUT2D eigenvalue weighted by Gasteiger charge is 2.10. The summed E-state index contributed by atoms with van der Waals surface area (Å²) in [6.45, 7) is 3.28. The van der Waals surface area contributed by atoms with E-state index in [-0.39, 0.29) is 5.91 Å². The van der Waals surface area contributed by atoms with Crippen molar-refractivity contribution in [2.75, 3.05) is 10.6 Å². The van der Waals surface area contributed by atoms with Gasteiger partial charge in [-0.2, -0.15) is 0 Å². The Balaban J connectivity index is 1.72. The Hall–Kier alpha value is -3.74. The second kappa shape index (κ2) is 8.09. The lowest BCUT2D eigenvalue weighted by Gasteiger charge is -2.09. The van der Waals surface area contributed by atoms with Crippen molar-refractivity contribution < 1.29 is 14.3 Å². The molecular formula is C20H18N4O3. The lowest BCUT2D eigenvalue weighted by molar-refractivity contribution is -0.114. The Kier molecular flexibility index (Phi) is 5.41. The molecule has 0 aliphatic heterocycles. The van der Waals surface area contributed by atoms with Gasteiger partial charge in [-0.1, -0.05) is 12.1 Å². The fourth-order valence-corrected chi connectivity index (χ4v) is 2.40. The number of anilines is 3. The van der Waals surface area contributed by atoms with E-state index in [1.807, 2.05) is 19.1 Å². The maximum Gasteiger partial charge on any atom is 0.343 e. The van der Waals surface area contributed by atoms with Crippen molar-refractivity contribution in [2.24, 2.45) is 0 Å². The fourth-order valence-electron chi connectivity index (χ4n) is 2.40. The fraction of sp³-hybridized carbons (Fsp3) is 0.100. The minimum absolute atomic E-state index is 0.209. The number of nitrogens with one attached hydrogen (secondary N) is 2. The average Bonchev–Trinajstić information content (AvgIpc) is 2.62. The van der Waals surface area contributed by atoms with Gasteiger partial charge < -0.3 is 15.4 Å². The summed E-state index contributed by atoms with van der Waals surface area (Å²) >= 11 is 0. The predicted molar refractivity (Wildman–Crippen MR) is 102 cm³/mol. The van der Waals surface area contributed by atoms with E-state index in [1.54, 1.807) is 42.5 Å². The third kappa shape index (κ3) is 5.12. The van der Waals surface area contributed by atoms with E-state index in [1.165, 1.54) is 13.3 Å². The molecule has 0 fully saturated rings. The van der Waals surface area contributed by atoms with Gasteiger partial charge in [-0.15, -0.1) is 0 Å². The molecule has 0 spiro atoms. The first-order valence-corrected chi connectivity index (χ1v) is 8.25. The lowest BCUT2D eigenvalue weighted by atomic mass is 10.2. The number of ether oxygens (including phenoxy) is 1. The molecule has 7 nitrogen and oxygen atoms in total. The van der Waals surface area contributed by atoms with Crippen LogP contribution in [0.3, 0.4) is 0 Å². The Morgan fingerprint density at radius 1 is 0.963 bits per heavy atom. The number of hydrogen-bond donors (Lipinski definition) is 2. The maximum atomic E-state index is 12.4. The number of carbonyl (C=O) groups excluding carboxylic acids is 2. The second-order valence-electron chi connectivity index (χ2n) is 5.85. The number of nitrogens with zero attached hydrogens (tertiary/aromatic N) is 2. The van der Waals surface area contributed by atoms with Crippen molar-refractivity contribution in [1.29, 1.82) is 0 Å². The molecule has 2 N–H and O–H groups in total. The van der Waals surface area contributed by atoms with Crippen molar-refractivity contribution in [3.8, 4) is 5.75 Å². The van der Waals surface area contributed by atoms with Crippen LogP contribution in [0.2, 0.25) is 0 Å². The average molecular weight is 362 g/mol. The highest BCUT2D eigenvalue weighted by Crippen LogP contribution is 2.22. The molecule has 1 amide bonds. The highest BCUT2D eigenvalue weighted by atomic mass is 16.5. The number of esters is 1. The summed E-state index contributed by atoms with van der Waals surface area (Å²) in [6, 6.07) is 15.4. The normalized spacial score (nSPS) is 10.1. The molecule has 1 heterocycles. The van der Waals surface area contributed by atoms with Crippen LogP contribution < -0.4 is 15.4 Å². The van der Waals surface area contributed by atoms with Gasteiger partial charge in [0, 0.05) is 36.1 Å². The Bertz CT molecular complexity index is 988. The SMILES string of the molecule is CC(=O)Nc1cccc(C(=O)Oc2cccc(Nc3cc(C)ncn3)c2)c1. The zero-order valence-electron chi connectivity index (χ0n) is 14.9. The molecule has 0 atom stereocenters. The van der Waals surface area contributed by atoms with Crippen LogP contribution in [0.15, 0.2) is 60.9 Å². The monoisotopic (exact) mass is 362 g/mol. The predicted octanol–water partition coefficient (Wildman–Crippen LogP) is 3.71. The maximum absolute atomic E-state index is 12.4. The van der Waals surface area contributed by atoms with Crippen molar-refractivity contribution in [3.63, 3.8) is 0 Å². The van der Waals surface area contributed by atoms with Crippen LogP contribution in [0.25, 0.3) is 0 Å². The van der Waals surface area contributed by atoms with Crippen LogP contribution in [0, 0.1) is 6.92 Å². The summed E-state index contributed by atoms with van der Waals surface area (Å²) in [6.07, 6.45) is 1.48. The van der Waals surface area contributed by atoms with E-state index < -0.39 is 5.97 Å². The molecule has 3 aromatic rings. The van der Waals surface area contributed by atoms with Crippen LogP contribution in [-0.4, -0.2) is 21.8 Å². The zero-order valence-corrected chi connectivity index (χ0v) is 14.9. The van der Waals surface area contributed by atoms with E-state index in [0.29, 0.717) is 22.8 Å². The van der Waals surface area contributed by atoms with E-state index in [0.717, 1.165) is 11.4 Å². The number of carbonyl (C=O) groups is 2. The molecule has 0 saturated heterocycles. The van der Waals surface area contributed by atoms with Gasteiger partial charge in [0.05, 0.1) is 5.56 Å². The van der Waals surface area contributed by atoms with Gasteiger partial charge in [-0.05, 0) is 37.3 Å². The van der Waals surface area contributed by atoms with Gasteiger partial charge in [0.25, 0.3) is 0 Å². The molecule has 0 radical (unpaired) electrons. The molecule has 136 valence electrons. The summed E-state index contributed by atoms with van der Waals surface area (Å²) in [7, 11) is 0. The van der Waals surface area contributed by atoms with Gasteiger partial charge in [0.2, 0.25) is 5.91 Å². The lowest BCUT2D eigenvalue weighted by Crippen LogP contribution is -2.10. The van der Waals surface area contributed by atoms with Gasteiger partial charge in [-0.25, -0.2) is 14.8 Å². The van der Waals surface area contributed by atoms with Crippen LogP contribution in [-0.2, 0) is 4.79 Å². The highest BCUT2D eigenvalue weighted by molar-refractivity contribution is 5.94. The van der Waals surface area contributed by atoms with Crippen molar-refractivity contribution in [3.05, 3.63) is 72.2 Å². The molecule has 7 heteroatoms. The van der Waals surface area contributed by atoms with E-state index in [9.17, 15) is 9.59 Å². The largest absolute Gasteiger partial charge is 0.423 e. The number of benzene rings is 2. The van der Waals surface area contributed by atoms with E-state index >= 15 is 0 Å². The topological polar surface area (TPSA) is 93.2 Å². The molecule has 3 rings (SSSR count). The number of hydrogen-bond acceptors (Lipinski definition) is 6. The quantitative estimate of drug-likeness (QED) is 0.531. The van der Waals surface area contributed by atoms with Crippen molar-refractivity contribution in [2.45, 2.75) is 13.8 Å². The Morgan fingerprint density at radius 2 is 1.74 bits per heavy atom. The number of aryl methyl sites for hydroxylation is 1. The first kappa shape index (κ1) is 18.1. The van der Waals surface area contributed by atoms with Gasteiger partial charge >= 0.3 is 5.97 Å². The molecule has 0 bridgehead atoms. The van der Waals surface area contributed by atoms with Gasteiger partial charge in [0.1, 0.15) is 17.9 Å². The minimum Gasteiger partial charge on any atom is -0.423 e. The van der Waals surface area contributed by atoms with Crippen LogP contribution in [0.1, 0.15) is 23.0 Å². The van der Waals surface area contributed by atoms with Crippen molar-refractivity contribution in [1.82, 2.24) is 9.97 Å². The summed E-state index contributed by atoms with van der Waals surface area (Å²) in [5.41, 5.74) is 2.44. The van der Waals surface area contributed by atoms with Gasteiger partial charge in [-0.3, -0.25) is 4.79 Å². The molecule has 1 aromatic heterocycles. The smallest absolute Gasteiger partial charge is 0.343 e. The number of rotatable bonds is 5. The summed E-state index contributed by atoms with van der Waals surface area (Å²) < 4.78 is 5.44. The van der Waals surface area contributed by atoms with Crippen molar-refractivity contribution >= 4 is 29.1 Å². The molecule has 2 aromatic carbocycles. The summed E-state index contributed by atoms with van der Waals surface area (Å²) in [5.74, 6) is 0.311. The first-order chi connectivity index (χ1) is 13.0. The molecule has 0 unspecified atom stereocenters. The molecule has 0 aliphatic rings. The first-order valence-electron chi connectivity index (χ1n) is 8.25. The Morgan fingerprint density at radius 3 is 2.52 bits per heavy atom. The summed E-state index contributed by atoms with van der Waals surface area (Å²) in [5, 5.41) is 5.78. The molecule has 0 saturated carbocycles. The molecule has 0 aliphatic carbocycles. The Labute approximate surface area is 156 Å². The summed E-state index contributed by atoms with van der Waals surface area (Å²) in [4.78, 5) is 31.7. The van der Waals surface area contributed by atoms with E-state index in [2.05, 4.69) is 20.6 Å². The molecular weight excluding hydrogens is 344 g/mol. The third-order valence-electron chi connectivity index (χ3n) is 3.54. The minimum atomic E-state index is -0.516. The third-order valence-corrected chi connectivity index (χ3v) is 3.54. The van der Waals surface area contributed by atoms with Crippen LogP contribution in [0.5, 0.6) is 5.75 Å². The number of aromatic nitrogens is 2.